The zero-order valence-electron chi connectivity index (χ0n) is 26.9. The van der Waals surface area contributed by atoms with Gasteiger partial charge in [-0.3, -0.25) is 9.59 Å². The first-order valence-corrected chi connectivity index (χ1v) is 15.3. The number of methoxy groups -OCH3 is 1. The van der Waals surface area contributed by atoms with Gasteiger partial charge in [0.1, 0.15) is 23.4 Å². The number of amides is 3. The summed E-state index contributed by atoms with van der Waals surface area (Å²) in [5.74, 6) is 2.34. The Morgan fingerprint density at radius 2 is 1.63 bits per heavy atom. The minimum atomic E-state index is -1.04. The summed E-state index contributed by atoms with van der Waals surface area (Å²) in [6.07, 6.45) is 10.6. The van der Waals surface area contributed by atoms with E-state index in [1.807, 2.05) is 13.8 Å². The number of hydrogen-bond donors (Lipinski definition) is 2. The number of carbonyl (C=O) groups excluding carboxylic acids is 3. The zero-order valence-corrected chi connectivity index (χ0v) is 26.9. The molecule has 0 heterocycles. The van der Waals surface area contributed by atoms with Crippen LogP contribution < -0.4 is 15.4 Å². The van der Waals surface area contributed by atoms with E-state index >= 15 is 0 Å². The first-order valence-electron chi connectivity index (χ1n) is 15.3. The van der Waals surface area contributed by atoms with E-state index in [1.165, 1.54) is 0 Å². The second kappa shape index (κ2) is 17.2. The highest BCUT2D eigenvalue weighted by Crippen LogP contribution is 2.29. The Morgan fingerprint density at radius 3 is 2.21 bits per heavy atom. The van der Waals surface area contributed by atoms with Gasteiger partial charge in [0.2, 0.25) is 5.91 Å². The fourth-order valence-electron chi connectivity index (χ4n) is 4.75. The normalized spacial score (nSPS) is 13.2. The number of benzene rings is 2. The van der Waals surface area contributed by atoms with Crippen LogP contribution in [0.1, 0.15) is 97.2 Å². The molecule has 8 heteroatoms. The maximum atomic E-state index is 14.5. The average molecular weight is 592 g/mol. The number of nitrogens with one attached hydrogen (secondary N) is 2. The van der Waals surface area contributed by atoms with Crippen molar-refractivity contribution in [1.82, 2.24) is 10.2 Å². The number of nitrogens with zero attached hydrogens (tertiary/aromatic N) is 1. The van der Waals surface area contributed by atoms with E-state index in [0.717, 1.165) is 25.7 Å². The van der Waals surface area contributed by atoms with E-state index in [-0.39, 0.29) is 11.8 Å². The molecule has 0 spiro atoms. The summed E-state index contributed by atoms with van der Waals surface area (Å²) in [7, 11) is 1.57. The second-order valence-electron chi connectivity index (χ2n) is 11.8. The van der Waals surface area contributed by atoms with Crippen LogP contribution in [0.4, 0.5) is 10.5 Å². The molecule has 2 rings (SSSR count). The van der Waals surface area contributed by atoms with Crippen LogP contribution >= 0.6 is 0 Å². The molecule has 0 aliphatic rings. The fourth-order valence-corrected chi connectivity index (χ4v) is 4.75. The van der Waals surface area contributed by atoms with Gasteiger partial charge in [0, 0.05) is 17.8 Å². The molecular formula is C35H49N3O5. The van der Waals surface area contributed by atoms with Gasteiger partial charge in [0.05, 0.1) is 7.11 Å². The molecule has 0 aromatic heterocycles. The number of ether oxygens (including phenoxy) is 2. The van der Waals surface area contributed by atoms with Crippen molar-refractivity contribution in [3.8, 4) is 18.1 Å². The van der Waals surface area contributed by atoms with Crippen LogP contribution in [0.15, 0.2) is 48.5 Å². The topological polar surface area (TPSA) is 97.0 Å². The predicted molar refractivity (Wildman–Crippen MR) is 172 cm³/mol. The molecule has 2 N–H and O–H groups in total. The Morgan fingerprint density at radius 1 is 0.977 bits per heavy atom. The molecule has 3 unspecified atom stereocenters. The van der Waals surface area contributed by atoms with E-state index in [1.54, 1.807) is 81.3 Å². The molecule has 0 aliphatic heterocycles. The van der Waals surface area contributed by atoms with Gasteiger partial charge in [-0.1, -0.05) is 77.0 Å². The Hall–Kier alpha value is -3.99. The van der Waals surface area contributed by atoms with Crippen molar-refractivity contribution in [2.24, 2.45) is 5.92 Å². The number of alkyl carbamates (subject to hydrolysis) is 1. The Labute approximate surface area is 257 Å². The molecule has 0 bridgehead atoms. The van der Waals surface area contributed by atoms with E-state index in [9.17, 15) is 14.4 Å². The molecule has 43 heavy (non-hydrogen) atoms. The first-order chi connectivity index (χ1) is 20.4. The van der Waals surface area contributed by atoms with Crippen molar-refractivity contribution in [3.63, 3.8) is 0 Å². The Bertz CT molecular complexity index is 1230. The molecule has 0 saturated heterocycles. The Kier molecular flexibility index (Phi) is 14.1. The molecule has 0 saturated carbocycles. The maximum absolute atomic E-state index is 14.5. The van der Waals surface area contributed by atoms with Crippen LogP contribution in [0.25, 0.3) is 0 Å². The van der Waals surface area contributed by atoms with E-state index in [0.29, 0.717) is 42.0 Å². The van der Waals surface area contributed by atoms with Gasteiger partial charge in [0.15, 0.2) is 0 Å². The monoisotopic (exact) mass is 591 g/mol. The van der Waals surface area contributed by atoms with Crippen molar-refractivity contribution in [3.05, 3.63) is 59.7 Å². The first kappa shape index (κ1) is 35.2. The van der Waals surface area contributed by atoms with Gasteiger partial charge < -0.3 is 25.0 Å². The van der Waals surface area contributed by atoms with E-state index in [4.69, 9.17) is 15.9 Å². The maximum Gasteiger partial charge on any atom is 0.408 e. The van der Waals surface area contributed by atoms with Crippen molar-refractivity contribution in [2.45, 2.75) is 97.8 Å². The lowest BCUT2D eigenvalue weighted by molar-refractivity contribution is -0.142. The number of unbranched alkanes of at least 4 members (excludes halogenated alkanes) is 4. The quantitative estimate of drug-likeness (QED) is 0.170. The van der Waals surface area contributed by atoms with Gasteiger partial charge in [-0.25, -0.2) is 4.79 Å². The van der Waals surface area contributed by atoms with Crippen LogP contribution in [0.3, 0.4) is 0 Å². The highest BCUT2D eigenvalue weighted by Gasteiger charge is 2.38. The lowest BCUT2D eigenvalue weighted by atomic mass is 9.93. The van der Waals surface area contributed by atoms with Crippen LogP contribution in [-0.4, -0.2) is 48.1 Å². The molecule has 8 nitrogen and oxygen atoms in total. The van der Waals surface area contributed by atoms with Gasteiger partial charge in [-0.15, -0.1) is 6.42 Å². The minimum Gasteiger partial charge on any atom is -0.497 e. The summed E-state index contributed by atoms with van der Waals surface area (Å²) >= 11 is 0. The van der Waals surface area contributed by atoms with Crippen LogP contribution in [0, 0.1) is 18.3 Å². The molecule has 0 radical (unpaired) electrons. The molecule has 0 fully saturated rings. The van der Waals surface area contributed by atoms with E-state index in [2.05, 4.69) is 23.5 Å². The number of carbonyl (C=O) groups is 3. The molecule has 2 aromatic rings. The number of hydrogen-bond acceptors (Lipinski definition) is 5. The molecule has 0 aliphatic carbocycles. The zero-order chi connectivity index (χ0) is 32.0. The highest BCUT2D eigenvalue weighted by atomic mass is 16.6. The van der Waals surface area contributed by atoms with Gasteiger partial charge in [-0.2, -0.15) is 0 Å². The van der Waals surface area contributed by atoms with Crippen molar-refractivity contribution < 1.29 is 23.9 Å². The van der Waals surface area contributed by atoms with Crippen LogP contribution in [0.5, 0.6) is 5.75 Å². The van der Waals surface area contributed by atoms with Crippen LogP contribution in [0.2, 0.25) is 0 Å². The molecule has 234 valence electrons. The largest absolute Gasteiger partial charge is 0.497 e. The van der Waals surface area contributed by atoms with E-state index < -0.39 is 29.7 Å². The molecule has 3 amide bonds. The van der Waals surface area contributed by atoms with Gasteiger partial charge in [-0.05, 0) is 69.0 Å². The fraction of sp³-hybridized carbons (Fsp3) is 0.514. The second-order valence-corrected chi connectivity index (χ2v) is 11.8. The summed E-state index contributed by atoms with van der Waals surface area (Å²) in [5, 5.41) is 5.79. The summed E-state index contributed by atoms with van der Waals surface area (Å²) in [6.45, 7) is 11.6. The third kappa shape index (κ3) is 11.0. The molecular weight excluding hydrogens is 542 g/mol. The predicted octanol–water partition coefficient (Wildman–Crippen LogP) is 7.09. The number of anilines is 1. The summed E-state index contributed by atoms with van der Waals surface area (Å²) in [5.41, 5.74) is 0.868. The number of terminal acetylenes is 1. The lowest BCUT2D eigenvalue weighted by Gasteiger charge is -2.36. The molecule has 2 aromatic carbocycles. The summed E-state index contributed by atoms with van der Waals surface area (Å²) in [4.78, 5) is 43.2. The third-order valence-electron chi connectivity index (χ3n) is 7.27. The SMILES string of the molecule is C#Cc1ccccc1C(C(=O)Nc1ccc(OC)cc1)N(CCCCCCC)C(=O)C(NC(=O)OC(C)(C)C)C(C)CC. The van der Waals surface area contributed by atoms with Crippen LogP contribution in [-0.2, 0) is 14.3 Å². The lowest BCUT2D eigenvalue weighted by Crippen LogP contribution is -2.55. The smallest absolute Gasteiger partial charge is 0.408 e. The van der Waals surface area contributed by atoms with Gasteiger partial charge >= 0.3 is 6.09 Å². The van der Waals surface area contributed by atoms with Crippen molar-refractivity contribution >= 4 is 23.6 Å². The standard InChI is InChI=1S/C35H49N3O5/c1-9-12-13-14-17-24-38(33(40)30(25(4)10-2)37-34(41)43-35(5,6)7)31(29-19-16-15-18-26(29)11-3)32(39)36-27-20-22-28(42-8)23-21-27/h3,15-16,18-23,25,30-31H,9-10,12-14,17,24H2,1-2,4-8H3,(H,36,39)(H,37,41). The number of rotatable bonds is 15. The summed E-state index contributed by atoms with van der Waals surface area (Å²) in [6, 6.07) is 12.2. The van der Waals surface area contributed by atoms with Gasteiger partial charge in [0.25, 0.3) is 5.91 Å². The molecule has 3 atom stereocenters. The minimum absolute atomic E-state index is 0.226. The summed E-state index contributed by atoms with van der Waals surface area (Å²) < 4.78 is 10.8. The van der Waals surface area contributed by atoms with Crippen molar-refractivity contribution in [1.29, 1.82) is 0 Å². The van der Waals surface area contributed by atoms with Crippen molar-refractivity contribution in [2.75, 3.05) is 19.0 Å². The third-order valence-corrected chi connectivity index (χ3v) is 7.27. The average Bonchev–Trinajstić information content (AvgIpc) is 2.98. The Balaban J connectivity index is 2.60. The highest BCUT2D eigenvalue weighted by molar-refractivity contribution is 5.99.